The summed E-state index contributed by atoms with van der Waals surface area (Å²) in [6.07, 6.45) is 4.79. The van der Waals surface area contributed by atoms with Crippen LogP contribution in [0, 0.1) is 0 Å². The summed E-state index contributed by atoms with van der Waals surface area (Å²) in [4.78, 5) is 2.58. The fourth-order valence-corrected chi connectivity index (χ4v) is 6.40. The third-order valence-electron chi connectivity index (χ3n) is 7.90. The van der Waals surface area contributed by atoms with Gasteiger partial charge in [-0.05, 0) is 52.7 Å². The Labute approximate surface area is 210 Å². The molecule has 0 radical (unpaired) electrons. The van der Waals surface area contributed by atoms with Gasteiger partial charge in [0.1, 0.15) is 0 Å². The molecular formula is C34H24N2. The zero-order valence-corrected chi connectivity index (χ0v) is 19.8. The van der Waals surface area contributed by atoms with Crippen molar-refractivity contribution in [1.29, 1.82) is 0 Å². The first-order valence-corrected chi connectivity index (χ1v) is 12.6. The van der Waals surface area contributed by atoms with E-state index in [2.05, 4.69) is 143 Å². The number of hydrogen-bond acceptors (Lipinski definition) is 1. The van der Waals surface area contributed by atoms with Gasteiger partial charge in [0.15, 0.2) is 0 Å². The van der Waals surface area contributed by atoms with Crippen molar-refractivity contribution in [1.82, 2.24) is 4.57 Å². The second-order valence-electron chi connectivity index (χ2n) is 9.78. The summed E-state index contributed by atoms with van der Waals surface area (Å²) >= 11 is 0. The van der Waals surface area contributed by atoms with Crippen LogP contribution in [0.1, 0.15) is 28.8 Å². The number of aromatic nitrogens is 1. The van der Waals surface area contributed by atoms with Gasteiger partial charge in [0, 0.05) is 33.9 Å². The summed E-state index contributed by atoms with van der Waals surface area (Å²) in [6.45, 7) is 0. The standard InChI is InChI=1S/C34H24N2/c1-2-12-25(13-3-1)35-31-16-8-6-14-27(31)29-20-21-30-28-15-7-9-17-32(28)36(34(30)33(29)35)26-19-18-23-10-4-5-11-24(23)22-26/h1-22,30,34H. The average molecular weight is 461 g/mol. The Morgan fingerprint density at radius 1 is 0.583 bits per heavy atom. The highest BCUT2D eigenvalue weighted by atomic mass is 15.2. The lowest BCUT2D eigenvalue weighted by atomic mass is 9.86. The predicted molar refractivity (Wildman–Crippen MR) is 150 cm³/mol. The quantitative estimate of drug-likeness (QED) is 0.251. The van der Waals surface area contributed by atoms with Crippen molar-refractivity contribution < 1.29 is 0 Å². The molecule has 5 aromatic carbocycles. The minimum absolute atomic E-state index is 0.163. The monoisotopic (exact) mass is 460 g/mol. The van der Waals surface area contributed by atoms with Crippen molar-refractivity contribution in [2.45, 2.75) is 12.0 Å². The third-order valence-corrected chi connectivity index (χ3v) is 7.90. The largest absolute Gasteiger partial charge is 0.331 e. The number of hydrogen-bond donors (Lipinski definition) is 0. The molecule has 1 aromatic heterocycles. The minimum Gasteiger partial charge on any atom is -0.331 e. The molecule has 36 heavy (non-hydrogen) atoms. The molecule has 1 aliphatic heterocycles. The maximum atomic E-state index is 2.58. The van der Waals surface area contributed by atoms with Crippen molar-refractivity contribution in [3.05, 3.63) is 144 Å². The molecule has 2 aliphatic rings. The lowest BCUT2D eigenvalue weighted by Crippen LogP contribution is -2.26. The second kappa shape index (κ2) is 7.47. The fourth-order valence-electron chi connectivity index (χ4n) is 6.40. The number of nitrogens with zero attached hydrogens (tertiary/aromatic N) is 2. The van der Waals surface area contributed by atoms with Crippen LogP contribution in [-0.2, 0) is 0 Å². The first-order chi connectivity index (χ1) is 17.9. The topological polar surface area (TPSA) is 8.17 Å². The Balaban J connectivity index is 1.45. The molecule has 2 heterocycles. The van der Waals surface area contributed by atoms with Crippen LogP contribution >= 0.6 is 0 Å². The Kier molecular flexibility index (Phi) is 4.09. The lowest BCUT2D eigenvalue weighted by Gasteiger charge is -2.33. The van der Waals surface area contributed by atoms with Gasteiger partial charge >= 0.3 is 0 Å². The van der Waals surface area contributed by atoms with E-state index in [1.807, 2.05) is 0 Å². The van der Waals surface area contributed by atoms with Crippen LogP contribution in [0.3, 0.4) is 0 Å². The molecule has 0 saturated heterocycles. The van der Waals surface area contributed by atoms with E-state index in [9.17, 15) is 0 Å². The fraction of sp³-hybridized carbons (Fsp3) is 0.0588. The highest BCUT2D eigenvalue weighted by molar-refractivity contribution is 5.96. The summed E-state index contributed by atoms with van der Waals surface area (Å²) in [5, 5.41) is 3.85. The molecule has 8 rings (SSSR count). The summed E-state index contributed by atoms with van der Waals surface area (Å²) in [5.41, 5.74) is 9.08. The molecule has 0 N–H and O–H groups in total. The van der Waals surface area contributed by atoms with Crippen LogP contribution in [0.4, 0.5) is 11.4 Å². The zero-order chi connectivity index (χ0) is 23.6. The SMILES string of the molecule is C1=CC2c3ccccc3N(c3ccc4ccccc4c3)C2c2c1c1ccccc1n2-c1ccccc1. The molecular weight excluding hydrogens is 436 g/mol. The van der Waals surface area contributed by atoms with Crippen molar-refractivity contribution in [2.24, 2.45) is 0 Å². The van der Waals surface area contributed by atoms with E-state index in [0.29, 0.717) is 0 Å². The van der Waals surface area contributed by atoms with E-state index >= 15 is 0 Å². The first-order valence-electron chi connectivity index (χ1n) is 12.6. The van der Waals surface area contributed by atoms with Crippen LogP contribution in [0.15, 0.2) is 127 Å². The van der Waals surface area contributed by atoms with Gasteiger partial charge in [-0.2, -0.15) is 0 Å². The van der Waals surface area contributed by atoms with Gasteiger partial charge in [-0.25, -0.2) is 0 Å². The number of rotatable bonds is 2. The summed E-state index contributed by atoms with van der Waals surface area (Å²) in [5.74, 6) is 0.284. The number of para-hydroxylation sites is 3. The van der Waals surface area contributed by atoms with E-state index in [0.717, 1.165) is 0 Å². The molecule has 2 nitrogen and oxygen atoms in total. The maximum absolute atomic E-state index is 2.58. The van der Waals surface area contributed by atoms with E-state index in [1.54, 1.807) is 0 Å². The van der Waals surface area contributed by atoms with Crippen LogP contribution in [-0.4, -0.2) is 4.57 Å². The van der Waals surface area contributed by atoms with Crippen molar-refractivity contribution >= 4 is 39.1 Å². The maximum Gasteiger partial charge on any atom is 0.0856 e. The van der Waals surface area contributed by atoms with E-state index in [4.69, 9.17) is 0 Å². The van der Waals surface area contributed by atoms with Gasteiger partial charge in [0.25, 0.3) is 0 Å². The molecule has 170 valence electrons. The average Bonchev–Trinajstić information content (AvgIpc) is 3.46. The van der Waals surface area contributed by atoms with Gasteiger partial charge < -0.3 is 9.47 Å². The first kappa shape index (κ1) is 19.7. The molecule has 2 unspecified atom stereocenters. The van der Waals surface area contributed by atoms with E-state index < -0.39 is 0 Å². The summed E-state index contributed by atoms with van der Waals surface area (Å²) < 4.78 is 2.49. The van der Waals surface area contributed by atoms with Crippen LogP contribution in [0.25, 0.3) is 33.4 Å². The smallest absolute Gasteiger partial charge is 0.0856 e. The van der Waals surface area contributed by atoms with Crippen molar-refractivity contribution in [2.75, 3.05) is 4.90 Å². The highest BCUT2D eigenvalue weighted by Crippen LogP contribution is 2.57. The van der Waals surface area contributed by atoms with Crippen LogP contribution in [0.5, 0.6) is 0 Å². The lowest BCUT2D eigenvalue weighted by molar-refractivity contribution is 0.636. The van der Waals surface area contributed by atoms with E-state index in [1.165, 1.54) is 55.6 Å². The number of benzene rings is 5. The van der Waals surface area contributed by atoms with Crippen molar-refractivity contribution in [3.8, 4) is 5.69 Å². The summed E-state index contributed by atoms with van der Waals surface area (Å²) in [7, 11) is 0. The molecule has 2 heteroatoms. The van der Waals surface area contributed by atoms with Crippen LogP contribution in [0.2, 0.25) is 0 Å². The molecule has 0 fully saturated rings. The van der Waals surface area contributed by atoms with Gasteiger partial charge in [-0.1, -0.05) is 97.1 Å². The molecule has 0 saturated carbocycles. The Morgan fingerprint density at radius 2 is 1.33 bits per heavy atom. The number of anilines is 2. The van der Waals surface area contributed by atoms with Gasteiger partial charge in [-0.3, -0.25) is 0 Å². The Morgan fingerprint density at radius 3 is 2.25 bits per heavy atom. The van der Waals surface area contributed by atoms with Crippen molar-refractivity contribution in [3.63, 3.8) is 0 Å². The molecule has 2 atom stereocenters. The Bertz CT molecular complexity index is 1810. The molecule has 0 bridgehead atoms. The second-order valence-corrected chi connectivity index (χ2v) is 9.78. The van der Waals surface area contributed by atoms with E-state index in [-0.39, 0.29) is 12.0 Å². The summed E-state index contributed by atoms with van der Waals surface area (Å²) in [6, 6.07) is 44.3. The van der Waals surface area contributed by atoms with Crippen LogP contribution < -0.4 is 4.90 Å². The molecule has 0 spiro atoms. The van der Waals surface area contributed by atoms with Gasteiger partial charge in [-0.15, -0.1) is 0 Å². The molecule has 1 aliphatic carbocycles. The third kappa shape index (κ3) is 2.67. The number of fused-ring (bicyclic) bond motifs is 8. The normalized spacial score (nSPS) is 17.8. The highest BCUT2D eigenvalue weighted by Gasteiger charge is 2.44. The predicted octanol–water partition coefficient (Wildman–Crippen LogP) is 8.79. The molecule has 0 amide bonds. The molecule has 6 aromatic rings. The minimum atomic E-state index is 0.163. The zero-order valence-electron chi connectivity index (χ0n) is 19.8. The van der Waals surface area contributed by atoms with Gasteiger partial charge in [0.05, 0.1) is 17.3 Å². The van der Waals surface area contributed by atoms with Gasteiger partial charge in [0.2, 0.25) is 0 Å². The Hall–Kier alpha value is -4.56.